The fourth-order valence-corrected chi connectivity index (χ4v) is 4.39. The summed E-state index contributed by atoms with van der Waals surface area (Å²) < 4.78 is 0. The summed E-state index contributed by atoms with van der Waals surface area (Å²) in [6, 6.07) is 0.508. The van der Waals surface area contributed by atoms with Crippen LogP contribution in [0.15, 0.2) is 0 Å². The van der Waals surface area contributed by atoms with Crippen molar-refractivity contribution in [3.63, 3.8) is 0 Å². The van der Waals surface area contributed by atoms with Gasteiger partial charge in [0.1, 0.15) is 0 Å². The van der Waals surface area contributed by atoms with Gasteiger partial charge in [0, 0.05) is 30.1 Å². The SMILES string of the molecule is CC[C@@H]1CN(CC(=O)NC(C2CC2)C2CC2)CCS1. The Bertz CT molecular complexity index is 316. The van der Waals surface area contributed by atoms with Crippen molar-refractivity contribution in [3.05, 3.63) is 0 Å². The number of nitrogens with zero attached hydrogens (tertiary/aromatic N) is 1. The van der Waals surface area contributed by atoms with E-state index in [1.54, 1.807) is 0 Å². The highest BCUT2D eigenvalue weighted by atomic mass is 32.2. The van der Waals surface area contributed by atoms with Gasteiger partial charge in [0.2, 0.25) is 5.91 Å². The number of nitrogens with one attached hydrogen (secondary N) is 1. The number of carbonyl (C=O) groups is 1. The summed E-state index contributed by atoms with van der Waals surface area (Å²) in [6.07, 6.45) is 6.55. The Morgan fingerprint density at radius 1 is 1.32 bits per heavy atom. The van der Waals surface area contributed by atoms with Gasteiger partial charge in [-0.25, -0.2) is 0 Å². The maximum absolute atomic E-state index is 12.2. The molecule has 19 heavy (non-hydrogen) atoms. The third-order valence-corrected chi connectivity index (χ3v) is 6.00. The summed E-state index contributed by atoms with van der Waals surface area (Å²) in [7, 11) is 0. The van der Waals surface area contributed by atoms with Crippen LogP contribution >= 0.6 is 11.8 Å². The second-order valence-corrected chi connectivity index (χ2v) is 7.81. The summed E-state index contributed by atoms with van der Waals surface area (Å²) in [5.41, 5.74) is 0. The molecule has 0 aromatic heterocycles. The van der Waals surface area contributed by atoms with Gasteiger partial charge in [-0.1, -0.05) is 6.92 Å². The normalized spacial score (nSPS) is 28.6. The van der Waals surface area contributed by atoms with E-state index in [0.717, 1.165) is 30.2 Å². The van der Waals surface area contributed by atoms with Crippen molar-refractivity contribution in [1.29, 1.82) is 0 Å². The first-order chi connectivity index (χ1) is 9.26. The average Bonchev–Trinajstić information content (AvgIpc) is 3.29. The molecule has 3 aliphatic rings. The van der Waals surface area contributed by atoms with Gasteiger partial charge >= 0.3 is 0 Å². The van der Waals surface area contributed by atoms with E-state index in [4.69, 9.17) is 0 Å². The summed E-state index contributed by atoms with van der Waals surface area (Å²) >= 11 is 2.06. The van der Waals surface area contributed by atoms with Gasteiger partial charge in [-0.3, -0.25) is 9.69 Å². The molecular formula is C15H26N2OS. The smallest absolute Gasteiger partial charge is 0.234 e. The van der Waals surface area contributed by atoms with Crippen LogP contribution in [-0.4, -0.2) is 47.5 Å². The zero-order valence-corrected chi connectivity index (χ0v) is 12.8. The highest BCUT2D eigenvalue weighted by molar-refractivity contribution is 8.00. The maximum Gasteiger partial charge on any atom is 0.234 e. The van der Waals surface area contributed by atoms with E-state index >= 15 is 0 Å². The van der Waals surface area contributed by atoms with Gasteiger partial charge in [0.25, 0.3) is 0 Å². The zero-order chi connectivity index (χ0) is 13.2. The predicted molar refractivity (Wildman–Crippen MR) is 80.4 cm³/mol. The third-order valence-electron chi connectivity index (χ3n) is 4.63. The lowest BCUT2D eigenvalue weighted by molar-refractivity contribution is -0.123. The largest absolute Gasteiger partial charge is 0.352 e. The molecule has 0 aromatic rings. The molecular weight excluding hydrogens is 256 g/mol. The van der Waals surface area contributed by atoms with E-state index in [9.17, 15) is 4.79 Å². The quantitative estimate of drug-likeness (QED) is 0.810. The Kier molecular flexibility index (Phi) is 4.37. The van der Waals surface area contributed by atoms with Gasteiger partial charge in [-0.15, -0.1) is 0 Å². The number of thioether (sulfide) groups is 1. The van der Waals surface area contributed by atoms with Crippen LogP contribution in [0.1, 0.15) is 39.0 Å². The van der Waals surface area contributed by atoms with Crippen LogP contribution in [0.4, 0.5) is 0 Å². The lowest BCUT2D eigenvalue weighted by Crippen LogP contribution is -2.47. The molecule has 0 unspecified atom stereocenters. The van der Waals surface area contributed by atoms with Crippen LogP contribution in [0.3, 0.4) is 0 Å². The lowest BCUT2D eigenvalue weighted by atomic mass is 10.1. The van der Waals surface area contributed by atoms with E-state index in [2.05, 4.69) is 28.9 Å². The number of amides is 1. The first kappa shape index (κ1) is 13.7. The fraction of sp³-hybridized carbons (Fsp3) is 0.933. The van der Waals surface area contributed by atoms with Gasteiger partial charge in [-0.2, -0.15) is 11.8 Å². The minimum Gasteiger partial charge on any atom is -0.352 e. The summed E-state index contributed by atoms with van der Waals surface area (Å²) in [6.45, 7) is 5.03. The van der Waals surface area contributed by atoms with Crippen LogP contribution in [0.25, 0.3) is 0 Å². The molecule has 0 radical (unpaired) electrons. The van der Waals surface area contributed by atoms with Crippen molar-refractivity contribution in [2.24, 2.45) is 11.8 Å². The van der Waals surface area contributed by atoms with Gasteiger partial charge in [-0.05, 0) is 43.9 Å². The van der Waals surface area contributed by atoms with Crippen LogP contribution < -0.4 is 5.32 Å². The van der Waals surface area contributed by atoms with Crippen molar-refractivity contribution in [2.45, 2.75) is 50.3 Å². The number of carbonyl (C=O) groups excluding carboxylic acids is 1. The molecule has 3 rings (SSSR count). The van der Waals surface area contributed by atoms with Gasteiger partial charge < -0.3 is 5.32 Å². The number of hydrogen-bond acceptors (Lipinski definition) is 3. The van der Waals surface area contributed by atoms with Crippen molar-refractivity contribution < 1.29 is 4.79 Å². The Morgan fingerprint density at radius 3 is 2.58 bits per heavy atom. The summed E-state index contributed by atoms with van der Waals surface area (Å²) in [4.78, 5) is 14.6. The first-order valence-electron chi connectivity index (χ1n) is 7.89. The zero-order valence-electron chi connectivity index (χ0n) is 11.9. The monoisotopic (exact) mass is 282 g/mol. The van der Waals surface area contributed by atoms with Crippen LogP contribution in [0.5, 0.6) is 0 Å². The van der Waals surface area contributed by atoms with Gasteiger partial charge in [0.05, 0.1) is 6.54 Å². The van der Waals surface area contributed by atoms with E-state index in [1.165, 1.54) is 37.9 Å². The van der Waals surface area contributed by atoms with Crippen molar-refractivity contribution in [3.8, 4) is 0 Å². The molecule has 1 N–H and O–H groups in total. The number of hydrogen-bond donors (Lipinski definition) is 1. The van der Waals surface area contributed by atoms with Gasteiger partial charge in [0.15, 0.2) is 0 Å². The van der Waals surface area contributed by atoms with E-state index in [-0.39, 0.29) is 5.91 Å². The van der Waals surface area contributed by atoms with Crippen molar-refractivity contribution >= 4 is 17.7 Å². The molecule has 1 atom stereocenters. The average molecular weight is 282 g/mol. The Hall–Kier alpha value is -0.220. The van der Waals surface area contributed by atoms with Crippen molar-refractivity contribution in [1.82, 2.24) is 10.2 Å². The first-order valence-corrected chi connectivity index (χ1v) is 8.94. The molecule has 108 valence electrons. The fourth-order valence-electron chi connectivity index (χ4n) is 3.14. The van der Waals surface area contributed by atoms with E-state index in [1.807, 2.05) is 0 Å². The molecule has 3 fully saturated rings. The van der Waals surface area contributed by atoms with Crippen molar-refractivity contribution in [2.75, 3.05) is 25.4 Å². The highest BCUT2D eigenvalue weighted by Gasteiger charge is 2.42. The molecule has 2 saturated carbocycles. The van der Waals surface area contributed by atoms with Crippen LogP contribution in [0.2, 0.25) is 0 Å². The minimum absolute atomic E-state index is 0.269. The summed E-state index contributed by atoms with van der Waals surface area (Å²) in [5, 5.41) is 4.06. The lowest BCUT2D eigenvalue weighted by Gasteiger charge is -2.31. The third kappa shape index (κ3) is 3.88. The Labute approximate surface area is 120 Å². The van der Waals surface area contributed by atoms with E-state index < -0.39 is 0 Å². The second kappa shape index (κ2) is 6.04. The minimum atomic E-state index is 0.269. The highest BCUT2D eigenvalue weighted by Crippen LogP contribution is 2.44. The molecule has 3 nitrogen and oxygen atoms in total. The molecule has 0 bridgehead atoms. The molecule has 4 heteroatoms. The molecule has 0 aromatic carbocycles. The Morgan fingerprint density at radius 2 is 2.00 bits per heavy atom. The summed E-state index contributed by atoms with van der Waals surface area (Å²) in [5.74, 6) is 3.06. The van der Waals surface area contributed by atoms with E-state index in [0.29, 0.717) is 12.6 Å². The molecule has 1 saturated heterocycles. The topological polar surface area (TPSA) is 32.3 Å². The maximum atomic E-state index is 12.2. The number of rotatable bonds is 6. The van der Waals surface area contributed by atoms with Crippen LogP contribution in [0, 0.1) is 11.8 Å². The molecule has 2 aliphatic carbocycles. The molecule has 1 heterocycles. The van der Waals surface area contributed by atoms with Crippen LogP contribution in [-0.2, 0) is 4.79 Å². The molecule has 0 spiro atoms. The molecule has 1 aliphatic heterocycles. The predicted octanol–water partition coefficient (Wildman–Crippen LogP) is 2.12. The molecule has 1 amide bonds. The second-order valence-electron chi connectivity index (χ2n) is 6.40. The Balaban J connectivity index is 1.44. The standard InChI is InChI=1S/C15H26N2OS/c1-2-13-9-17(7-8-19-13)10-14(18)16-15(11-3-4-11)12-5-6-12/h11-13,15H,2-10H2,1H3,(H,16,18)/t13-/m1/s1.